The number of thiophene rings is 1. The van der Waals surface area contributed by atoms with Gasteiger partial charge in [0.2, 0.25) is 0 Å². The molecule has 0 saturated heterocycles. The van der Waals surface area contributed by atoms with Crippen LogP contribution in [0.25, 0.3) is 10.4 Å². The molecule has 1 N–H and O–H groups in total. The Morgan fingerprint density at radius 2 is 1.67 bits per heavy atom. The minimum atomic E-state index is -0.886. The number of aldehydes is 1. The Morgan fingerprint density at radius 3 is 2.00 bits per heavy atom. The highest BCUT2D eigenvalue weighted by molar-refractivity contribution is 7.13. The molecular weight excluding hydrogens is 284 g/mol. The Hall–Kier alpha value is -1.94. The van der Waals surface area contributed by atoms with Gasteiger partial charge in [-0.1, -0.05) is 45.9 Å². The minimum Gasteiger partial charge on any atom is -0.478 e. The second-order valence-electron chi connectivity index (χ2n) is 4.24. The summed E-state index contributed by atoms with van der Waals surface area (Å²) in [7, 11) is 0. The zero-order valence-corrected chi connectivity index (χ0v) is 13.7. The Balaban J connectivity index is 0.000000489. The molecule has 21 heavy (non-hydrogen) atoms. The fourth-order valence-corrected chi connectivity index (χ4v) is 1.95. The standard InChI is InChI=1S/C11H8O2S.C4H8O.C2H6/c12-11(13)9-5-3-8(4-6-9)10-2-1-7-14-10;1-4(2)3-5;1-2/h1-7H,(H,12,13);3-4H,1-2H3;1-2H3. The average Bonchev–Trinajstić information content (AvgIpc) is 3.04. The lowest BCUT2D eigenvalue weighted by atomic mass is 10.1. The van der Waals surface area contributed by atoms with Crippen molar-refractivity contribution in [1.29, 1.82) is 0 Å². The highest BCUT2D eigenvalue weighted by atomic mass is 32.1. The van der Waals surface area contributed by atoms with Gasteiger partial charge in [-0.15, -0.1) is 11.3 Å². The molecule has 2 aromatic rings. The van der Waals surface area contributed by atoms with Crippen LogP contribution in [0.5, 0.6) is 0 Å². The maximum absolute atomic E-state index is 10.6. The molecule has 0 radical (unpaired) electrons. The molecule has 0 amide bonds. The smallest absolute Gasteiger partial charge is 0.335 e. The quantitative estimate of drug-likeness (QED) is 0.813. The fraction of sp³-hybridized carbons (Fsp3) is 0.294. The molecule has 1 heterocycles. The summed E-state index contributed by atoms with van der Waals surface area (Å²) in [4.78, 5) is 21.3. The van der Waals surface area contributed by atoms with Crippen molar-refractivity contribution < 1.29 is 14.7 Å². The Labute approximate surface area is 130 Å². The van der Waals surface area contributed by atoms with Crippen molar-refractivity contribution in [2.24, 2.45) is 5.92 Å². The highest BCUT2D eigenvalue weighted by Gasteiger charge is 2.02. The average molecular weight is 306 g/mol. The first-order valence-corrected chi connectivity index (χ1v) is 7.75. The van der Waals surface area contributed by atoms with E-state index in [1.54, 1.807) is 23.5 Å². The van der Waals surface area contributed by atoms with Crippen molar-refractivity contribution >= 4 is 23.6 Å². The molecule has 3 nitrogen and oxygen atoms in total. The van der Waals surface area contributed by atoms with Gasteiger partial charge in [0.25, 0.3) is 0 Å². The van der Waals surface area contributed by atoms with Gasteiger partial charge >= 0.3 is 5.97 Å². The predicted molar refractivity (Wildman–Crippen MR) is 89.0 cm³/mol. The minimum absolute atomic E-state index is 0.204. The molecule has 0 aliphatic heterocycles. The van der Waals surface area contributed by atoms with Gasteiger partial charge in [0.05, 0.1) is 5.56 Å². The molecule has 0 fully saturated rings. The van der Waals surface area contributed by atoms with Crippen molar-refractivity contribution in [3.8, 4) is 10.4 Å². The molecule has 0 bridgehead atoms. The molecule has 0 aliphatic carbocycles. The van der Waals surface area contributed by atoms with Crippen LogP contribution < -0.4 is 0 Å². The number of aromatic carboxylic acids is 1. The first-order valence-electron chi connectivity index (χ1n) is 6.87. The van der Waals surface area contributed by atoms with Gasteiger partial charge in [-0.05, 0) is 29.1 Å². The molecule has 1 aromatic heterocycles. The van der Waals surface area contributed by atoms with E-state index in [0.29, 0.717) is 5.56 Å². The number of carboxylic acid groups (broad SMARTS) is 1. The Kier molecular flexibility index (Phi) is 9.80. The van der Waals surface area contributed by atoms with Crippen LogP contribution in [0, 0.1) is 5.92 Å². The van der Waals surface area contributed by atoms with E-state index in [4.69, 9.17) is 5.11 Å². The van der Waals surface area contributed by atoms with Crippen LogP contribution in [0.1, 0.15) is 38.1 Å². The zero-order valence-electron chi connectivity index (χ0n) is 12.9. The molecule has 0 aliphatic rings. The highest BCUT2D eigenvalue weighted by Crippen LogP contribution is 2.24. The Morgan fingerprint density at radius 1 is 1.14 bits per heavy atom. The van der Waals surface area contributed by atoms with E-state index in [-0.39, 0.29) is 5.92 Å². The van der Waals surface area contributed by atoms with Crippen molar-refractivity contribution in [3.63, 3.8) is 0 Å². The SMILES string of the molecule is CC.CC(C)C=O.O=C(O)c1ccc(-c2cccs2)cc1. The van der Waals surface area contributed by atoms with E-state index >= 15 is 0 Å². The van der Waals surface area contributed by atoms with Gasteiger partial charge in [-0.25, -0.2) is 4.79 Å². The summed E-state index contributed by atoms with van der Waals surface area (Å²) in [6.07, 6.45) is 0.917. The summed E-state index contributed by atoms with van der Waals surface area (Å²) >= 11 is 1.64. The van der Waals surface area contributed by atoms with E-state index in [0.717, 1.165) is 16.7 Å². The van der Waals surface area contributed by atoms with Crippen LogP contribution in [-0.2, 0) is 4.79 Å². The van der Waals surface area contributed by atoms with E-state index in [1.807, 2.05) is 57.3 Å². The van der Waals surface area contributed by atoms with Crippen LogP contribution >= 0.6 is 11.3 Å². The second kappa shape index (κ2) is 10.8. The second-order valence-corrected chi connectivity index (χ2v) is 5.19. The first kappa shape index (κ1) is 19.1. The molecule has 0 spiro atoms. The van der Waals surface area contributed by atoms with Gasteiger partial charge in [-0.3, -0.25) is 0 Å². The lowest BCUT2D eigenvalue weighted by molar-refractivity contribution is -0.110. The molecule has 2 rings (SSSR count). The summed E-state index contributed by atoms with van der Waals surface area (Å²) in [6, 6.07) is 10.9. The third-order valence-electron chi connectivity index (χ3n) is 2.21. The number of hydrogen-bond acceptors (Lipinski definition) is 3. The van der Waals surface area contributed by atoms with E-state index in [9.17, 15) is 9.59 Å². The summed E-state index contributed by atoms with van der Waals surface area (Å²) in [6.45, 7) is 7.71. The molecule has 0 unspecified atom stereocenters. The topological polar surface area (TPSA) is 54.4 Å². The molecule has 114 valence electrons. The molecule has 4 heteroatoms. The maximum Gasteiger partial charge on any atom is 0.335 e. The van der Waals surface area contributed by atoms with Crippen molar-refractivity contribution in [2.75, 3.05) is 0 Å². The number of benzene rings is 1. The van der Waals surface area contributed by atoms with E-state index < -0.39 is 5.97 Å². The van der Waals surface area contributed by atoms with Crippen LogP contribution in [0.15, 0.2) is 41.8 Å². The van der Waals surface area contributed by atoms with Gasteiger partial charge in [0.15, 0.2) is 0 Å². The van der Waals surface area contributed by atoms with Crippen LogP contribution in [0.2, 0.25) is 0 Å². The first-order chi connectivity index (χ1) is 10.0. The summed E-state index contributed by atoms with van der Waals surface area (Å²) in [5.41, 5.74) is 1.38. The van der Waals surface area contributed by atoms with E-state index in [2.05, 4.69) is 0 Å². The number of carboxylic acids is 1. The van der Waals surface area contributed by atoms with Gasteiger partial charge < -0.3 is 9.90 Å². The predicted octanol–water partition coefficient (Wildman–Crippen LogP) is 4.98. The molecule has 0 atom stereocenters. The normalized spacial score (nSPS) is 9.00. The largest absolute Gasteiger partial charge is 0.478 e. The number of carbonyl (C=O) groups excluding carboxylic acids is 1. The molecule has 0 saturated carbocycles. The third-order valence-corrected chi connectivity index (χ3v) is 3.13. The van der Waals surface area contributed by atoms with Crippen molar-refractivity contribution in [1.82, 2.24) is 0 Å². The summed E-state index contributed by atoms with van der Waals surface area (Å²) < 4.78 is 0. The lowest BCUT2D eigenvalue weighted by Crippen LogP contribution is -1.94. The van der Waals surface area contributed by atoms with Gasteiger partial charge in [0, 0.05) is 10.8 Å². The van der Waals surface area contributed by atoms with Crippen molar-refractivity contribution in [3.05, 3.63) is 47.3 Å². The van der Waals surface area contributed by atoms with E-state index in [1.165, 1.54) is 0 Å². The lowest BCUT2D eigenvalue weighted by Gasteiger charge is -1.97. The zero-order chi connectivity index (χ0) is 16.3. The maximum atomic E-state index is 10.6. The molecular formula is C17H22O3S. The number of carbonyl (C=O) groups is 2. The van der Waals surface area contributed by atoms with Gasteiger partial charge in [0.1, 0.15) is 6.29 Å². The Bertz CT molecular complexity index is 513. The van der Waals surface area contributed by atoms with Crippen molar-refractivity contribution in [2.45, 2.75) is 27.7 Å². The number of hydrogen-bond donors (Lipinski definition) is 1. The molecule has 1 aromatic carbocycles. The fourth-order valence-electron chi connectivity index (χ4n) is 1.22. The summed E-state index contributed by atoms with van der Waals surface area (Å²) in [5, 5.41) is 10.7. The van der Waals surface area contributed by atoms with Crippen LogP contribution in [0.4, 0.5) is 0 Å². The van der Waals surface area contributed by atoms with Crippen LogP contribution in [0.3, 0.4) is 0 Å². The summed E-state index contributed by atoms with van der Waals surface area (Å²) in [5.74, 6) is -0.683. The van der Waals surface area contributed by atoms with Gasteiger partial charge in [-0.2, -0.15) is 0 Å². The third kappa shape index (κ3) is 7.42. The number of rotatable bonds is 3. The monoisotopic (exact) mass is 306 g/mol. The van der Waals surface area contributed by atoms with Crippen LogP contribution in [-0.4, -0.2) is 17.4 Å².